The van der Waals surface area contributed by atoms with Crippen molar-refractivity contribution in [2.45, 2.75) is 6.42 Å². The van der Waals surface area contributed by atoms with Gasteiger partial charge in [-0.1, -0.05) is 15.9 Å². The van der Waals surface area contributed by atoms with E-state index in [1.165, 1.54) is 6.07 Å². The predicted octanol–water partition coefficient (Wildman–Crippen LogP) is 2.12. The van der Waals surface area contributed by atoms with Gasteiger partial charge in [-0.3, -0.25) is 0 Å². The van der Waals surface area contributed by atoms with Crippen molar-refractivity contribution < 1.29 is 9.50 Å². The van der Waals surface area contributed by atoms with E-state index in [1.807, 2.05) is 0 Å². The number of hydrogen-bond donors (Lipinski definition) is 2. The molecule has 2 nitrogen and oxygen atoms in total. The van der Waals surface area contributed by atoms with Crippen molar-refractivity contribution in [1.29, 1.82) is 0 Å². The van der Waals surface area contributed by atoms with E-state index in [9.17, 15) is 4.39 Å². The highest BCUT2D eigenvalue weighted by molar-refractivity contribution is 9.10. The van der Waals surface area contributed by atoms with Gasteiger partial charge in [0.25, 0.3) is 0 Å². The highest BCUT2D eigenvalue weighted by Gasteiger charge is 2.10. The van der Waals surface area contributed by atoms with Crippen molar-refractivity contribution in [3.63, 3.8) is 0 Å². The van der Waals surface area contributed by atoms with Crippen LogP contribution in [-0.2, 0) is 6.42 Å². The van der Waals surface area contributed by atoms with Crippen LogP contribution >= 0.6 is 28.3 Å². The first kappa shape index (κ1) is 14.8. The number of rotatable bonds is 4. The summed E-state index contributed by atoms with van der Waals surface area (Å²) in [6, 6.07) is 4.77. The maximum Gasteiger partial charge on any atom is 0.126 e. The van der Waals surface area contributed by atoms with Gasteiger partial charge in [-0.05, 0) is 42.6 Å². The third kappa shape index (κ3) is 4.47. The smallest absolute Gasteiger partial charge is 0.126 e. The summed E-state index contributed by atoms with van der Waals surface area (Å²) in [4.78, 5) is 0. The molecular weight excluding hydrogens is 284 g/mol. The number of aliphatic hydroxyl groups is 1. The first-order chi connectivity index (χ1) is 6.67. The molecule has 0 saturated carbocycles. The molecule has 15 heavy (non-hydrogen) atoms. The molecule has 1 rings (SSSR count). The fourth-order valence-corrected chi connectivity index (χ4v) is 1.64. The Morgan fingerprint density at radius 1 is 1.47 bits per heavy atom. The molecule has 0 fully saturated rings. The van der Waals surface area contributed by atoms with Gasteiger partial charge in [-0.2, -0.15) is 0 Å². The second-order valence-corrected chi connectivity index (χ2v) is 4.14. The van der Waals surface area contributed by atoms with Gasteiger partial charge >= 0.3 is 0 Å². The monoisotopic (exact) mass is 297 g/mol. The summed E-state index contributed by atoms with van der Waals surface area (Å²) in [5, 5.41) is 8.93. The van der Waals surface area contributed by atoms with Crippen LogP contribution in [0.15, 0.2) is 22.7 Å². The molecule has 1 aromatic carbocycles. The minimum absolute atomic E-state index is 0. The Bertz CT molecular complexity index is 307. The SMILES string of the molecule is Cl.NCC(CO)Cc1cc(Br)ccc1F. The van der Waals surface area contributed by atoms with E-state index >= 15 is 0 Å². The summed E-state index contributed by atoms with van der Waals surface area (Å²) < 4.78 is 14.1. The van der Waals surface area contributed by atoms with Crippen LogP contribution in [0.4, 0.5) is 4.39 Å². The fourth-order valence-electron chi connectivity index (χ4n) is 1.23. The van der Waals surface area contributed by atoms with Gasteiger partial charge in [-0.15, -0.1) is 12.4 Å². The van der Waals surface area contributed by atoms with Crippen LogP contribution in [0.25, 0.3) is 0 Å². The first-order valence-corrected chi connectivity index (χ1v) is 5.21. The quantitative estimate of drug-likeness (QED) is 0.894. The Morgan fingerprint density at radius 3 is 2.67 bits per heavy atom. The third-order valence-electron chi connectivity index (χ3n) is 2.11. The number of hydrogen-bond acceptors (Lipinski definition) is 2. The lowest BCUT2D eigenvalue weighted by Gasteiger charge is -2.11. The molecule has 1 aromatic rings. The van der Waals surface area contributed by atoms with Crippen molar-refractivity contribution in [2.24, 2.45) is 11.7 Å². The molecule has 86 valence electrons. The zero-order chi connectivity index (χ0) is 10.6. The van der Waals surface area contributed by atoms with Gasteiger partial charge in [0.15, 0.2) is 0 Å². The fraction of sp³-hybridized carbons (Fsp3) is 0.400. The summed E-state index contributed by atoms with van der Waals surface area (Å²) in [6.07, 6.45) is 0.471. The van der Waals surface area contributed by atoms with E-state index in [-0.39, 0.29) is 30.7 Å². The molecule has 1 atom stereocenters. The molecule has 0 amide bonds. The second-order valence-electron chi connectivity index (χ2n) is 3.22. The van der Waals surface area contributed by atoms with Crippen LogP contribution in [0.2, 0.25) is 0 Å². The third-order valence-corrected chi connectivity index (χ3v) is 2.60. The molecule has 3 N–H and O–H groups in total. The van der Waals surface area contributed by atoms with Crippen LogP contribution in [0.3, 0.4) is 0 Å². The Morgan fingerprint density at radius 2 is 2.13 bits per heavy atom. The lowest BCUT2D eigenvalue weighted by Crippen LogP contribution is -2.20. The number of aliphatic hydroxyl groups excluding tert-OH is 1. The lowest BCUT2D eigenvalue weighted by molar-refractivity contribution is 0.229. The minimum Gasteiger partial charge on any atom is -0.396 e. The number of halogens is 3. The molecule has 0 spiro atoms. The molecule has 5 heteroatoms. The highest BCUT2D eigenvalue weighted by atomic mass is 79.9. The zero-order valence-corrected chi connectivity index (χ0v) is 10.5. The van der Waals surface area contributed by atoms with E-state index in [4.69, 9.17) is 10.8 Å². The summed E-state index contributed by atoms with van der Waals surface area (Å²) in [5.41, 5.74) is 6.01. The van der Waals surface area contributed by atoms with Gasteiger partial charge < -0.3 is 10.8 Å². The first-order valence-electron chi connectivity index (χ1n) is 4.42. The molecule has 1 unspecified atom stereocenters. The summed E-state index contributed by atoms with van der Waals surface area (Å²) in [7, 11) is 0. The van der Waals surface area contributed by atoms with Crippen molar-refractivity contribution in [2.75, 3.05) is 13.2 Å². The van der Waals surface area contributed by atoms with Gasteiger partial charge in [0, 0.05) is 11.1 Å². The Hall–Kier alpha value is -0.160. The maximum absolute atomic E-state index is 13.3. The zero-order valence-electron chi connectivity index (χ0n) is 8.12. The van der Waals surface area contributed by atoms with Crippen LogP contribution in [0, 0.1) is 11.7 Å². The Kier molecular flexibility index (Phi) is 7.09. The van der Waals surface area contributed by atoms with E-state index in [0.29, 0.717) is 18.5 Å². The van der Waals surface area contributed by atoms with Crippen molar-refractivity contribution in [3.8, 4) is 0 Å². The van der Waals surface area contributed by atoms with Crippen molar-refractivity contribution in [1.82, 2.24) is 0 Å². The topological polar surface area (TPSA) is 46.2 Å². The molecule has 0 radical (unpaired) electrons. The highest BCUT2D eigenvalue weighted by Crippen LogP contribution is 2.18. The van der Waals surface area contributed by atoms with Gasteiger partial charge in [-0.25, -0.2) is 4.39 Å². The second kappa shape index (κ2) is 7.17. The van der Waals surface area contributed by atoms with Crippen LogP contribution in [0.1, 0.15) is 5.56 Å². The van der Waals surface area contributed by atoms with Gasteiger partial charge in [0.2, 0.25) is 0 Å². The number of nitrogens with two attached hydrogens (primary N) is 1. The molecule has 0 aromatic heterocycles. The molecule has 0 saturated heterocycles. The Labute approximate surface area is 103 Å². The molecule has 0 aliphatic rings. The van der Waals surface area contributed by atoms with Crippen molar-refractivity contribution >= 4 is 28.3 Å². The minimum atomic E-state index is -0.250. The van der Waals surface area contributed by atoms with E-state index in [1.54, 1.807) is 12.1 Å². The van der Waals surface area contributed by atoms with Crippen LogP contribution < -0.4 is 5.73 Å². The molecule has 0 aliphatic carbocycles. The average molecular weight is 299 g/mol. The molecular formula is C10H14BrClFNO. The summed E-state index contributed by atoms with van der Waals surface area (Å²) in [5.74, 6) is -0.320. The number of benzene rings is 1. The average Bonchev–Trinajstić information content (AvgIpc) is 2.19. The molecule has 0 aliphatic heterocycles. The summed E-state index contributed by atoms with van der Waals surface area (Å²) >= 11 is 3.27. The van der Waals surface area contributed by atoms with Crippen molar-refractivity contribution in [3.05, 3.63) is 34.1 Å². The predicted molar refractivity (Wildman–Crippen MR) is 64.7 cm³/mol. The molecule has 0 heterocycles. The lowest BCUT2D eigenvalue weighted by atomic mass is 10.00. The van der Waals surface area contributed by atoms with Crippen LogP contribution in [0.5, 0.6) is 0 Å². The van der Waals surface area contributed by atoms with E-state index < -0.39 is 0 Å². The van der Waals surface area contributed by atoms with E-state index in [0.717, 1.165) is 4.47 Å². The summed E-state index contributed by atoms with van der Waals surface area (Å²) in [6.45, 7) is 0.352. The maximum atomic E-state index is 13.3. The van der Waals surface area contributed by atoms with Gasteiger partial charge in [0.1, 0.15) is 5.82 Å². The normalized spacial score (nSPS) is 12.0. The standard InChI is InChI=1S/C10H13BrFNO.ClH/c11-9-1-2-10(12)8(4-9)3-7(5-13)6-14;/h1-2,4,7,14H,3,5-6,13H2;1H. The van der Waals surface area contributed by atoms with Crippen LogP contribution in [-0.4, -0.2) is 18.3 Å². The molecule has 0 bridgehead atoms. The Balaban J connectivity index is 0.00000196. The largest absolute Gasteiger partial charge is 0.396 e. The van der Waals surface area contributed by atoms with E-state index in [2.05, 4.69) is 15.9 Å². The van der Waals surface area contributed by atoms with Gasteiger partial charge in [0.05, 0.1) is 0 Å².